The van der Waals surface area contributed by atoms with Gasteiger partial charge >= 0.3 is 11.9 Å². The minimum absolute atomic E-state index is 0.251. The molecule has 0 spiro atoms. The predicted molar refractivity (Wildman–Crippen MR) is 61.4 cm³/mol. The molecule has 1 aromatic rings. The van der Waals surface area contributed by atoms with E-state index in [1.807, 2.05) is 0 Å². The molecule has 0 fully saturated rings. The highest BCUT2D eigenvalue weighted by atomic mass is 16.6. The fourth-order valence-corrected chi connectivity index (χ4v) is 1.25. The molecule has 0 saturated carbocycles. The standard InChI is InChI=1S/C12H14O6/c1-15-8-6-4-5-7-9(8)18-10(11(13)16-2)12(14)17-3/h4-7,10H,1-3H3. The van der Waals surface area contributed by atoms with Crippen LogP contribution in [0.25, 0.3) is 0 Å². The number of hydrogen-bond donors (Lipinski definition) is 0. The Balaban J connectivity index is 2.95. The molecular weight excluding hydrogens is 240 g/mol. The normalized spacial score (nSPS) is 9.78. The zero-order chi connectivity index (χ0) is 13.5. The highest BCUT2D eigenvalue weighted by Crippen LogP contribution is 2.27. The van der Waals surface area contributed by atoms with E-state index in [4.69, 9.17) is 9.47 Å². The molecule has 0 heterocycles. The SMILES string of the molecule is COC(=O)C(Oc1ccccc1OC)C(=O)OC. The van der Waals surface area contributed by atoms with E-state index in [0.717, 1.165) is 14.2 Å². The smallest absolute Gasteiger partial charge is 0.359 e. The van der Waals surface area contributed by atoms with E-state index in [-0.39, 0.29) is 5.75 Å². The number of rotatable bonds is 5. The molecule has 0 amide bonds. The number of carbonyl (C=O) groups excluding carboxylic acids is 2. The van der Waals surface area contributed by atoms with Crippen LogP contribution in [-0.4, -0.2) is 39.4 Å². The summed E-state index contributed by atoms with van der Waals surface area (Å²) in [5, 5.41) is 0. The molecule has 0 radical (unpaired) electrons. The molecule has 98 valence electrons. The molecule has 1 rings (SSSR count). The van der Waals surface area contributed by atoms with Gasteiger partial charge in [0.2, 0.25) is 0 Å². The molecular formula is C12H14O6. The summed E-state index contributed by atoms with van der Waals surface area (Å²) >= 11 is 0. The van der Waals surface area contributed by atoms with Gasteiger partial charge in [-0.3, -0.25) is 0 Å². The second kappa shape index (κ2) is 6.48. The lowest BCUT2D eigenvalue weighted by molar-refractivity contribution is -0.163. The van der Waals surface area contributed by atoms with Crippen LogP contribution < -0.4 is 9.47 Å². The lowest BCUT2D eigenvalue weighted by Crippen LogP contribution is -2.37. The molecule has 0 N–H and O–H groups in total. The molecule has 1 aromatic carbocycles. The van der Waals surface area contributed by atoms with E-state index >= 15 is 0 Å². The molecule has 6 nitrogen and oxygen atoms in total. The van der Waals surface area contributed by atoms with Gasteiger partial charge in [-0.1, -0.05) is 12.1 Å². The molecule has 6 heteroatoms. The first-order valence-corrected chi connectivity index (χ1v) is 5.09. The van der Waals surface area contributed by atoms with Crippen LogP contribution in [0.4, 0.5) is 0 Å². The minimum atomic E-state index is -1.48. The van der Waals surface area contributed by atoms with Crippen molar-refractivity contribution in [3.63, 3.8) is 0 Å². The molecule has 18 heavy (non-hydrogen) atoms. The van der Waals surface area contributed by atoms with Crippen molar-refractivity contribution in [1.82, 2.24) is 0 Å². The van der Waals surface area contributed by atoms with Gasteiger partial charge in [-0.05, 0) is 12.1 Å². The van der Waals surface area contributed by atoms with E-state index in [2.05, 4.69) is 9.47 Å². The van der Waals surface area contributed by atoms with Gasteiger partial charge in [-0.25, -0.2) is 9.59 Å². The van der Waals surface area contributed by atoms with Crippen LogP contribution in [-0.2, 0) is 19.1 Å². The fraction of sp³-hybridized carbons (Fsp3) is 0.333. The molecule has 0 saturated heterocycles. The van der Waals surface area contributed by atoms with Crippen LogP contribution in [0.3, 0.4) is 0 Å². The van der Waals surface area contributed by atoms with Crippen molar-refractivity contribution >= 4 is 11.9 Å². The molecule has 0 aliphatic heterocycles. The van der Waals surface area contributed by atoms with Crippen molar-refractivity contribution in [2.45, 2.75) is 6.10 Å². The number of methoxy groups -OCH3 is 3. The second-order valence-electron chi connectivity index (χ2n) is 3.20. The van der Waals surface area contributed by atoms with Crippen LogP contribution in [0.1, 0.15) is 0 Å². The van der Waals surface area contributed by atoms with Crippen molar-refractivity contribution in [3.05, 3.63) is 24.3 Å². The zero-order valence-electron chi connectivity index (χ0n) is 10.3. The summed E-state index contributed by atoms with van der Waals surface area (Å²) in [6.45, 7) is 0. The Morgan fingerprint density at radius 3 is 1.89 bits per heavy atom. The van der Waals surface area contributed by atoms with Gasteiger partial charge in [0.25, 0.3) is 6.10 Å². The minimum Gasteiger partial charge on any atom is -0.493 e. The maximum absolute atomic E-state index is 11.4. The first-order chi connectivity index (χ1) is 8.63. The number of ether oxygens (including phenoxy) is 4. The first kappa shape index (κ1) is 13.8. The topological polar surface area (TPSA) is 71.1 Å². The maximum atomic E-state index is 11.4. The molecule has 0 aliphatic rings. The van der Waals surface area contributed by atoms with Gasteiger partial charge in [0, 0.05) is 0 Å². The Morgan fingerprint density at radius 2 is 1.44 bits per heavy atom. The summed E-state index contributed by atoms with van der Waals surface area (Å²) in [5.74, 6) is -1.03. The third kappa shape index (κ3) is 3.13. The fourth-order valence-electron chi connectivity index (χ4n) is 1.25. The molecule has 0 bridgehead atoms. The van der Waals surface area contributed by atoms with Gasteiger partial charge in [-0.15, -0.1) is 0 Å². The number of benzene rings is 1. The third-order valence-electron chi connectivity index (χ3n) is 2.14. The first-order valence-electron chi connectivity index (χ1n) is 5.09. The summed E-state index contributed by atoms with van der Waals surface area (Å²) in [7, 11) is 3.77. The van der Waals surface area contributed by atoms with Crippen LogP contribution in [0.15, 0.2) is 24.3 Å². The van der Waals surface area contributed by atoms with Crippen molar-refractivity contribution in [2.75, 3.05) is 21.3 Å². The van der Waals surface area contributed by atoms with E-state index in [1.54, 1.807) is 24.3 Å². The Bertz CT molecular complexity index is 412. The summed E-state index contributed by atoms with van der Waals surface area (Å²) in [6, 6.07) is 6.62. The summed E-state index contributed by atoms with van der Waals surface area (Å²) in [4.78, 5) is 22.9. The van der Waals surface area contributed by atoms with Crippen molar-refractivity contribution in [3.8, 4) is 11.5 Å². The largest absolute Gasteiger partial charge is 0.493 e. The average molecular weight is 254 g/mol. The van der Waals surface area contributed by atoms with Crippen molar-refractivity contribution in [2.24, 2.45) is 0 Å². The quantitative estimate of drug-likeness (QED) is 0.571. The maximum Gasteiger partial charge on any atom is 0.359 e. The van der Waals surface area contributed by atoms with Gasteiger partial charge < -0.3 is 18.9 Å². The Morgan fingerprint density at radius 1 is 0.944 bits per heavy atom. The van der Waals surface area contributed by atoms with E-state index in [9.17, 15) is 9.59 Å². The predicted octanol–water partition coefficient (Wildman–Crippen LogP) is 0.789. The second-order valence-corrected chi connectivity index (χ2v) is 3.20. The van der Waals surface area contributed by atoms with Gasteiger partial charge in [0.05, 0.1) is 21.3 Å². The summed E-state index contributed by atoms with van der Waals surface area (Å²) in [6.07, 6.45) is -1.48. The monoisotopic (exact) mass is 254 g/mol. The van der Waals surface area contributed by atoms with Crippen molar-refractivity contribution < 1.29 is 28.5 Å². The highest BCUT2D eigenvalue weighted by molar-refractivity contribution is 5.98. The molecule has 0 aromatic heterocycles. The van der Waals surface area contributed by atoms with Crippen LogP contribution in [0.2, 0.25) is 0 Å². The van der Waals surface area contributed by atoms with E-state index in [0.29, 0.717) is 5.75 Å². The summed E-state index contributed by atoms with van der Waals surface area (Å²) < 4.78 is 19.3. The van der Waals surface area contributed by atoms with Gasteiger partial charge in [0.15, 0.2) is 11.5 Å². The van der Waals surface area contributed by atoms with E-state index < -0.39 is 18.0 Å². The Hall–Kier alpha value is -2.24. The molecule has 0 unspecified atom stereocenters. The highest BCUT2D eigenvalue weighted by Gasteiger charge is 2.31. The van der Waals surface area contributed by atoms with Gasteiger partial charge in [-0.2, -0.15) is 0 Å². The zero-order valence-corrected chi connectivity index (χ0v) is 10.3. The average Bonchev–Trinajstić information content (AvgIpc) is 2.43. The van der Waals surface area contributed by atoms with E-state index in [1.165, 1.54) is 7.11 Å². The third-order valence-corrected chi connectivity index (χ3v) is 2.14. The number of carbonyl (C=O) groups is 2. The van der Waals surface area contributed by atoms with Crippen LogP contribution in [0.5, 0.6) is 11.5 Å². The lowest BCUT2D eigenvalue weighted by atomic mass is 10.3. The number of hydrogen-bond acceptors (Lipinski definition) is 6. The Kier molecular flexibility index (Phi) is 4.98. The van der Waals surface area contributed by atoms with Gasteiger partial charge in [0.1, 0.15) is 0 Å². The number of para-hydroxylation sites is 2. The lowest BCUT2D eigenvalue weighted by Gasteiger charge is -2.16. The van der Waals surface area contributed by atoms with Crippen molar-refractivity contribution in [1.29, 1.82) is 0 Å². The van der Waals surface area contributed by atoms with Crippen LogP contribution >= 0.6 is 0 Å². The number of esters is 2. The Labute approximate surface area is 104 Å². The van der Waals surface area contributed by atoms with Crippen LogP contribution in [0, 0.1) is 0 Å². The summed E-state index contributed by atoms with van der Waals surface area (Å²) in [5.41, 5.74) is 0. The molecule has 0 atom stereocenters. The molecule has 0 aliphatic carbocycles.